The summed E-state index contributed by atoms with van der Waals surface area (Å²) < 4.78 is 0. The van der Waals surface area contributed by atoms with Crippen LogP contribution in [0.4, 0.5) is 11.5 Å². The van der Waals surface area contributed by atoms with Crippen LogP contribution in [0.5, 0.6) is 0 Å². The van der Waals surface area contributed by atoms with Crippen LogP contribution in [-0.4, -0.2) is 35.7 Å². The van der Waals surface area contributed by atoms with Gasteiger partial charge in [0.2, 0.25) is 0 Å². The largest absolute Gasteiger partial charge is 0.399 e. The van der Waals surface area contributed by atoms with Crippen molar-refractivity contribution >= 4 is 17.2 Å². The Morgan fingerprint density at radius 1 is 1.06 bits per heavy atom. The topological polar surface area (TPSA) is 93.1 Å². The summed E-state index contributed by atoms with van der Waals surface area (Å²) in [4.78, 5) is 2.18. The highest BCUT2D eigenvalue weighted by molar-refractivity contribution is 5.77. The number of hydrogen-bond donors (Lipinski definition) is 3. The molecular formula is C25H32N6. The molecule has 0 saturated carbocycles. The Hall–Kier alpha value is -3.38. The van der Waals surface area contributed by atoms with Gasteiger partial charge in [-0.2, -0.15) is 0 Å². The van der Waals surface area contributed by atoms with Crippen LogP contribution < -0.4 is 16.8 Å². The number of nitrogen functional groups attached to an aromatic ring is 1. The van der Waals surface area contributed by atoms with Crippen LogP contribution in [-0.2, 0) is 12.0 Å². The van der Waals surface area contributed by atoms with Gasteiger partial charge in [0.25, 0.3) is 0 Å². The average molecular weight is 417 g/mol. The lowest BCUT2D eigenvalue weighted by molar-refractivity contribution is 0.402. The van der Waals surface area contributed by atoms with Crippen LogP contribution in [0.2, 0.25) is 0 Å². The van der Waals surface area contributed by atoms with Gasteiger partial charge in [-0.3, -0.25) is 0 Å². The van der Waals surface area contributed by atoms with E-state index in [0.717, 1.165) is 35.7 Å². The smallest absolute Gasteiger partial charge is 0.148 e. The summed E-state index contributed by atoms with van der Waals surface area (Å²) in [6.45, 7) is 9.90. The van der Waals surface area contributed by atoms with Gasteiger partial charge in [-0.25, -0.2) is 0 Å². The molecule has 0 radical (unpaired) electrons. The molecule has 0 saturated heterocycles. The Labute approximate surface area is 185 Å². The summed E-state index contributed by atoms with van der Waals surface area (Å²) in [7, 11) is 4.17. The molecule has 0 aliphatic heterocycles. The van der Waals surface area contributed by atoms with E-state index < -0.39 is 0 Å². The summed E-state index contributed by atoms with van der Waals surface area (Å²) in [5.41, 5.74) is 17.7. The van der Waals surface area contributed by atoms with Crippen molar-refractivity contribution in [3.63, 3.8) is 0 Å². The molecule has 0 unspecified atom stereocenters. The van der Waals surface area contributed by atoms with E-state index in [1.165, 1.54) is 11.1 Å². The minimum atomic E-state index is -0.0595. The second-order valence-corrected chi connectivity index (χ2v) is 8.81. The van der Waals surface area contributed by atoms with Crippen LogP contribution in [0.1, 0.15) is 30.5 Å². The van der Waals surface area contributed by atoms with Crippen molar-refractivity contribution in [2.24, 2.45) is 5.73 Å². The SMILES string of the molecule is C=C(N)c1cc(-c2ccc(NCC(C)(C)c3cccc(CN(C)C)c3)nn2)ccc1N. The Morgan fingerprint density at radius 2 is 1.84 bits per heavy atom. The Kier molecular flexibility index (Phi) is 6.61. The second-order valence-electron chi connectivity index (χ2n) is 8.81. The van der Waals surface area contributed by atoms with Gasteiger partial charge >= 0.3 is 0 Å². The second kappa shape index (κ2) is 9.18. The molecule has 0 atom stereocenters. The minimum absolute atomic E-state index is 0.0595. The Balaban J connectivity index is 1.70. The first kappa shape index (κ1) is 22.3. The maximum Gasteiger partial charge on any atom is 0.148 e. The maximum absolute atomic E-state index is 5.96. The third kappa shape index (κ3) is 5.61. The highest BCUT2D eigenvalue weighted by Gasteiger charge is 2.21. The van der Waals surface area contributed by atoms with E-state index in [1.54, 1.807) is 0 Å². The summed E-state index contributed by atoms with van der Waals surface area (Å²) >= 11 is 0. The zero-order valence-corrected chi connectivity index (χ0v) is 18.8. The fourth-order valence-electron chi connectivity index (χ4n) is 3.44. The molecule has 162 valence electrons. The highest BCUT2D eigenvalue weighted by Crippen LogP contribution is 2.27. The van der Waals surface area contributed by atoms with Crippen LogP contribution in [0.25, 0.3) is 17.0 Å². The van der Waals surface area contributed by atoms with E-state index in [9.17, 15) is 0 Å². The van der Waals surface area contributed by atoms with Crippen molar-refractivity contribution in [2.75, 3.05) is 31.7 Å². The number of rotatable bonds is 8. The lowest BCUT2D eigenvalue weighted by Crippen LogP contribution is -2.28. The van der Waals surface area contributed by atoms with Gasteiger partial charge in [0.1, 0.15) is 5.82 Å². The molecule has 2 aromatic carbocycles. The first-order valence-electron chi connectivity index (χ1n) is 10.3. The normalized spacial score (nSPS) is 11.5. The first-order valence-corrected chi connectivity index (χ1v) is 10.3. The molecule has 5 N–H and O–H groups in total. The molecule has 1 aromatic heterocycles. The van der Waals surface area contributed by atoms with Crippen molar-refractivity contribution in [2.45, 2.75) is 25.8 Å². The quantitative estimate of drug-likeness (QED) is 0.479. The van der Waals surface area contributed by atoms with Crippen molar-refractivity contribution in [3.8, 4) is 11.3 Å². The van der Waals surface area contributed by atoms with Crippen LogP contribution in [0.3, 0.4) is 0 Å². The maximum atomic E-state index is 5.96. The minimum Gasteiger partial charge on any atom is -0.399 e. The van der Waals surface area contributed by atoms with E-state index in [1.807, 2.05) is 30.3 Å². The van der Waals surface area contributed by atoms with Crippen LogP contribution in [0, 0.1) is 0 Å². The lowest BCUT2D eigenvalue weighted by Gasteiger charge is -2.26. The molecular weight excluding hydrogens is 384 g/mol. The first-order chi connectivity index (χ1) is 14.7. The van der Waals surface area contributed by atoms with Gasteiger partial charge in [0.05, 0.1) is 5.69 Å². The van der Waals surface area contributed by atoms with Crippen molar-refractivity contribution < 1.29 is 0 Å². The molecule has 31 heavy (non-hydrogen) atoms. The zero-order valence-electron chi connectivity index (χ0n) is 18.8. The van der Waals surface area contributed by atoms with E-state index >= 15 is 0 Å². The molecule has 0 spiro atoms. The molecule has 0 bridgehead atoms. The molecule has 6 heteroatoms. The fraction of sp³-hybridized carbons (Fsp3) is 0.280. The van der Waals surface area contributed by atoms with E-state index in [4.69, 9.17) is 11.5 Å². The molecule has 1 heterocycles. The van der Waals surface area contributed by atoms with Gasteiger partial charge < -0.3 is 21.7 Å². The molecule has 6 nitrogen and oxygen atoms in total. The van der Waals surface area contributed by atoms with E-state index in [2.05, 4.69) is 79.2 Å². The van der Waals surface area contributed by atoms with Gasteiger partial charge in [-0.1, -0.05) is 50.8 Å². The predicted octanol–water partition coefficient (Wildman–Crippen LogP) is 4.11. The van der Waals surface area contributed by atoms with Gasteiger partial charge in [-0.15, -0.1) is 10.2 Å². The number of nitrogens with two attached hydrogens (primary N) is 2. The molecule has 0 amide bonds. The van der Waals surface area contributed by atoms with Gasteiger partial charge in [-0.05, 0) is 49.5 Å². The number of nitrogens with zero attached hydrogens (tertiary/aromatic N) is 3. The van der Waals surface area contributed by atoms with Gasteiger partial charge in [0, 0.05) is 41.0 Å². The fourth-order valence-corrected chi connectivity index (χ4v) is 3.44. The Morgan fingerprint density at radius 3 is 2.48 bits per heavy atom. The summed E-state index contributed by atoms with van der Waals surface area (Å²) in [6, 6.07) is 18.2. The predicted molar refractivity (Wildman–Crippen MR) is 130 cm³/mol. The summed E-state index contributed by atoms with van der Waals surface area (Å²) in [6.07, 6.45) is 0. The van der Waals surface area contributed by atoms with Crippen LogP contribution >= 0.6 is 0 Å². The van der Waals surface area contributed by atoms with E-state index in [0.29, 0.717) is 11.4 Å². The number of hydrogen-bond acceptors (Lipinski definition) is 6. The van der Waals surface area contributed by atoms with Crippen LogP contribution in [0.15, 0.2) is 61.2 Å². The standard InChI is InChI=1S/C25H32N6/c1-17(26)21-14-19(9-10-22(21)27)23-11-12-24(30-29-23)28-16-25(2,3)20-8-6-7-18(13-20)15-31(4)5/h6-14H,1,15-16,26-27H2,2-5H3,(H,28,30). The van der Waals surface area contributed by atoms with Crippen molar-refractivity contribution in [1.29, 1.82) is 0 Å². The summed E-state index contributed by atoms with van der Waals surface area (Å²) in [5, 5.41) is 12.1. The number of nitrogens with one attached hydrogen (secondary N) is 1. The average Bonchev–Trinajstić information content (AvgIpc) is 2.73. The highest BCUT2D eigenvalue weighted by atomic mass is 15.2. The zero-order chi connectivity index (χ0) is 22.6. The van der Waals surface area contributed by atoms with Gasteiger partial charge in [0.15, 0.2) is 0 Å². The number of benzene rings is 2. The third-order valence-electron chi connectivity index (χ3n) is 5.28. The lowest BCUT2D eigenvalue weighted by atomic mass is 9.84. The monoisotopic (exact) mass is 416 g/mol. The summed E-state index contributed by atoms with van der Waals surface area (Å²) in [5.74, 6) is 0.736. The molecule has 3 rings (SSSR count). The van der Waals surface area contributed by atoms with E-state index in [-0.39, 0.29) is 5.41 Å². The molecule has 0 fully saturated rings. The van der Waals surface area contributed by atoms with Crippen molar-refractivity contribution in [1.82, 2.24) is 15.1 Å². The number of anilines is 2. The number of aromatic nitrogens is 2. The third-order valence-corrected chi connectivity index (χ3v) is 5.28. The Bertz CT molecular complexity index is 1050. The molecule has 0 aliphatic carbocycles. The molecule has 3 aromatic rings. The van der Waals surface area contributed by atoms with Crippen molar-refractivity contribution in [3.05, 3.63) is 77.9 Å². The molecule has 0 aliphatic rings.